The molecule has 43 heavy (non-hydrogen) atoms. The first-order chi connectivity index (χ1) is 20.7. The first kappa shape index (κ1) is 31.4. The number of benzene rings is 2. The Hall–Kier alpha value is -4.56. The molecule has 230 valence electrons. The van der Waals surface area contributed by atoms with Crippen molar-refractivity contribution < 1.29 is 37.4 Å². The zero-order valence-corrected chi connectivity index (χ0v) is 23.8. The molecule has 5 N–H and O–H groups in total. The SMILES string of the molecule is COCC1=C(C(=O)OC)C(c2ccc(F)c(F)c2)N(C(=O)NCCNC2CCN(c3ccccc3C(N)=O)CC2)C(=O)N1. The Morgan fingerprint density at radius 2 is 1.77 bits per heavy atom. The van der Waals surface area contributed by atoms with E-state index < -0.39 is 41.6 Å². The Labute approximate surface area is 247 Å². The largest absolute Gasteiger partial charge is 0.466 e. The summed E-state index contributed by atoms with van der Waals surface area (Å²) in [6.07, 6.45) is 1.56. The van der Waals surface area contributed by atoms with Gasteiger partial charge in [-0.3, -0.25) is 4.79 Å². The molecule has 12 nitrogen and oxygen atoms in total. The molecule has 2 aromatic carbocycles. The van der Waals surface area contributed by atoms with Crippen molar-refractivity contribution in [2.75, 3.05) is 51.9 Å². The van der Waals surface area contributed by atoms with Crippen LogP contribution in [0.4, 0.5) is 24.1 Å². The number of piperidine rings is 1. The lowest BCUT2D eigenvalue weighted by molar-refractivity contribution is -0.137. The van der Waals surface area contributed by atoms with Gasteiger partial charge in [0.05, 0.1) is 30.6 Å². The second-order valence-electron chi connectivity index (χ2n) is 10.0. The van der Waals surface area contributed by atoms with Crippen molar-refractivity contribution in [3.8, 4) is 0 Å². The van der Waals surface area contributed by atoms with Gasteiger partial charge in [0.2, 0.25) is 0 Å². The Bertz CT molecular complexity index is 1410. The topological polar surface area (TPSA) is 155 Å². The van der Waals surface area contributed by atoms with Crippen LogP contribution in [0, 0.1) is 11.6 Å². The van der Waals surface area contributed by atoms with Crippen LogP contribution in [0.2, 0.25) is 0 Å². The fraction of sp³-hybridized carbons (Fsp3) is 0.379. The molecule has 1 atom stereocenters. The highest BCUT2D eigenvalue weighted by Gasteiger charge is 2.43. The van der Waals surface area contributed by atoms with Gasteiger partial charge in [0.15, 0.2) is 11.6 Å². The number of primary amides is 1. The number of anilines is 1. The molecule has 1 unspecified atom stereocenters. The van der Waals surface area contributed by atoms with Crippen molar-refractivity contribution in [2.24, 2.45) is 5.73 Å². The first-order valence-electron chi connectivity index (χ1n) is 13.7. The van der Waals surface area contributed by atoms with Gasteiger partial charge in [-0.15, -0.1) is 0 Å². The first-order valence-corrected chi connectivity index (χ1v) is 13.7. The zero-order valence-electron chi connectivity index (χ0n) is 23.8. The Morgan fingerprint density at radius 3 is 2.42 bits per heavy atom. The molecule has 5 amide bonds. The average Bonchev–Trinajstić information content (AvgIpc) is 3.00. The number of amides is 5. The van der Waals surface area contributed by atoms with Crippen molar-refractivity contribution in [2.45, 2.75) is 24.9 Å². The maximum Gasteiger partial charge on any atom is 0.338 e. The summed E-state index contributed by atoms with van der Waals surface area (Å²) < 4.78 is 38.0. The van der Waals surface area contributed by atoms with Crippen molar-refractivity contribution in [1.29, 1.82) is 0 Å². The van der Waals surface area contributed by atoms with Gasteiger partial charge in [0.1, 0.15) is 6.04 Å². The highest BCUT2D eigenvalue weighted by atomic mass is 19.2. The number of halogens is 2. The number of carbonyl (C=O) groups excluding carboxylic acids is 4. The zero-order chi connectivity index (χ0) is 31.1. The molecule has 0 spiro atoms. The van der Waals surface area contributed by atoms with Crippen LogP contribution >= 0.6 is 0 Å². The summed E-state index contributed by atoms with van der Waals surface area (Å²) in [4.78, 5) is 53.9. The van der Waals surface area contributed by atoms with E-state index >= 15 is 0 Å². The Kier molecular flexibility index (Phi) is 10.3. The molecular weight excluding hydrogens is 566 g/mol. The van der Waals surface area contributed by atoms with E-state index in [-0.39, 0.29) is 36.0 Å². The van der Waals surface area contributed by atoms with Crippen LogP contribution in [0.15, 0.2) is 53.7 Å². The maximum atomic E-state index is 14.2. The molecule has 0 bridgehead atoms. The maximum absolute atomic E-state index is 14.2. The fourth-order valence-corrected chi connectivity index (χ4v) is 5.29. The number of rotatable bonds is 10. The quantitative estimate of drug-likeness (QED) is 0.239. The monoisotopic (exact) mass is 600 g/mol. The van der Waals surface area contributed by atoms with E-state index in [2.05, 4.69) is 20.9 Å². The summed E-state index contributed by atoms with van der Waals surface area (Å²) in [6.45, 7) is 1.69. The number of nitrogens with one attached hydrogen (secondary N) is 3. The van der Waals surface area contributed by atoms with E-state index in [9.17, 15) is 28.0 Å². The molecule has 14 heteroatoms. The van der Waals surface area contributed by atoms with Gasteiger partial charge in [-0.2, -0.15) is 0 Å². The van der Waals surface area contributed by atoms with Crippen molar-refractivity contribution in [3.05, 3.63) is 76.5 Å². The molecule has 2 heterocycles. The van der Waals surface area contributed by atoms with Gasteiger partial charge in [-0.25, -0.2) is 28.1 Å². The third-order valence-corrected chi connectivity index (χ3v) is 7.34. The van der Waals surface area contributed by atoms with Gasteiger partial charge in [0.25, 0.3) is 5.91 Å². The summed E-state index contributed by atoms with van der Waals surface area (Å²) in [5.41, 5.74) is 6.64. The number of nitrogens with zero attached hydrogens (tertiary/aromatic N) is 2. The minimum atomic E-state index is -1.41. The van der Waals surface area contributed by atoms with Crippen LogP contribution in [-0.4, -0.2) is 81.9 Å². The van der Waals surface area contributed by atoms with Crippen LogP contribution < -0.4 is 26.6 Å². The third-order valence-electron chi connectivity index (χ3n) is 7.34. The van der Waals surface area contributed by atoms with Crippen LogP contribution in [0.1, 0.15) is 34.8 Å². The molecule has 0 aromatic heterocycles. The lowest BCUT2D eigenvalue weighted by atomic mass is 9.93. The number of para-hydroxylation sites is 1. The Morgan fingerprint density at radius 1 is 1.05 bits per heavy atom. The summed E-state index contributed by atoms with van der Waals surface area (Å²) in [6, 6.07) is 7.04. The molecule has 2 aromatic rings. The molecule has 2 aliphatic rings. The van der Waals surface area contributed by atoms with E-state index in [1.807, 2.05) is 12.1 Å². The van der Waals surface area contributed by atoms with E-state index in [1.54, 1.807) is 12.1 Å². The minimum Gasteiger partial charge on any atom is -0.466 e. The van der Waals surface area contributed by atoms with Gasteiger partial charge in [0, 0.05) is 45.0 Å². The number of urea groups is 2. The minimum absolute atomic E-state index is 0.0132. The second-order valence-corrected chi connectivity index (χ2v) is 10.0. The number of hydrogen-bond donors (Lipinski definition) is 4. The van der Waals surface area contributed by atoms with Crippen molar-refractivity contribution in [3.63, 3.8) is 0 Å². The number of esters is 1. The number of nitrogens with two attached hydrogens (primary N) is 1. The van der Waals surface area contributed by atoms with Crippen molar-refractivity contribution in [1.82, 2.24) is 20.9 Å². The molecule has 0 aliphatic carbocycles. The molecule has 0 radical (unpaired) electrons. The second kappa shape index (κ2) is 14.1. The Balaban J connectivity index is 1.41. The number of carbonyl (C=O) groups is 4. The molecule has 1 saturated heterocycles. The number of ether oxygens (including phenoxy) is 2. The highest BCUT2D eigenvalue weighted by Crippen LogP contribution is 2.35. The summed E-state index contributed by atoms with van der Waals surface area (Å²) >= 11 is 0. The van der Waals surface area contributed by atoms with Gasteiger partial charge >= 0.3 is 18.0 Å². The predicted molar refractivity (Wildman–Crippen MR) is 152 cm³/mol. The van der Waals surface area contributed by atoms with Crippen LogP contribution in [0.25, 0.3) is 0 Å². The third kappa shape index (κ3) is 7.09. The molecule has 4 rings (SSSR count). The van der Waals surface area contributed by atoms with Crippen LogP contribution in [-0.2, 0) is 14.3 Å². The van der Waals surface area contributed by atoms with E-state index in [0.717, 1.165) is 42.7 Å². The van der Waals surface area contributed by atoms with Gasteiger partial charge in [-0.05, 0) is 42.7 Å². The average molecular weight is 601 g/mol. The highest BCUT2D eigenvalue weighted by molar-refractivity contribution is 6.02. The number of methoxy groups -OCH3 is 2. The molecule has 0 saturated carbocycles. The summed E-state index contributed by atoms with van der Waals surface area (Å²) in [7, 11) is 2.46. The van der Waals surface area contributed by atoms with E-state index in [1.165, 1.54) is 13.2 Å². The standard InChI is InChI=1S/C29H34F2N6O6/c1-42-16-22-24(27(39)43-2)25(17-7-8-20(30)21(31)15-17)37(29(41)35-22)28(40)34-12-11-33-18-9-13-36(14-10-18)23-6-4-3-5-19(23)26(32)38/h3-8,15,18,25,33H,9-14,16H2,1-2H3,(H2,32,38)(H,34,40)(H,35,41). The summed E-state index contributed by atoms with van der Waals surface area (Å²) in [5.74, 6) is -3.71. The lowest BCUT2D eigenvalue weighted by Gasteiger charge is -2.37. The van der Waals surface area contributed by atoms with E-state index in [0.29, 0.717) is 25.2 Å². The molecule has 1 fully saturated rings. The van der Waals surface area contributed by atoms with E-state index in [4.69, 9.17) is 15.2 Å². The lowest BCUT2D eigenvalue weighted by Crippen LogP contribution is -2.56. The normalized spacial score (nSPS) is 17.5. The summed E-state index contributed by atoms with van der Waals surface area (Å²) in [5, 5.41) is 8.50. The van der Waals surface area contributed by atoms with Crippen LogP contribution in [0.3, 0.4) is 0 Å². The smallest absolute Gasteiger partial charge is 0.338 e. The predicted octanol–water partition coefficient (Wildman–Crippen LogP) is 2.17. The number of imide groups is 1. The molecular formula is C29H34F2N6O6. The van der Waals surface area contributed by atoms with Crippen LogP contribution in [0.5, 0.6) is 0 Å². The fourth-order valence-electron chi connectivity index (χ4n) is 5.29. The van der Waals surface area contributed by atoms with Gasteiger partial charge in [-0.1, -0.05) is 18.2 Å². The van der Waals surface area contributed by atoms with Gasteiger partial charge < -0.3 is 36.1 Å². The number of hydrogen-bond acceptors (Lipinski definition) is 8. The van der Waals surface area contributed by atoms with Crippen molar-refractivity contribution >= 4 is 29.6 Å². The molecule has 2 aliphatic heterocycles.